The second kappa shape index (κ2) is 9.00. The Kier molecular flexibility index (Phi) is 5.86. The number of fused-ring (bicyclic) bond motifs is 1. The average molecular weight is 471 g/mol. The number of anilines is 1. The van der Waals surface area contributed by atoms with E-state index in [1.807, 2.05) is 48.5 Å². The highest BCUT2D eigenvalue weighted by Gasteiger charge is 2.68. The minimum atomic E-state index is -1.42. The van der Waals surface area contributed by atoms with Gasteiger partial charge in [-0.15, -0.1) is 0 Å². The summed E-state index contributed by atoms with van der Waals surface area (Å²) in [5.74, 6) is -2.35. The number of benzene rings is 3. The molecule has 0 bridgehead atoms. The maximum atomic E-state index is 13.9. The Labute approximate surface area is 203 Å². The van der Waals surface area contributed by atoms with Gasteiger partial charge in [-0.25, -0.2) is 4.90 Å². The Morgan fingerprint density at radius 2 is 1.51 bits per heavy atom. The molecule has 7 heteroatoms. The summed E-state index contributed by atoms with van der Waals surface area (Å²) in [5.41, 5.74) is 0.722. The van der Waals surface area contributed by atoms with E-state index in [0.717, 1.165) is 11.1 Å². The van der Waals surface area contributed by atoms with Gasteiger partial charge in [0.05, 0.1) is 31.7 Å². The fourth-order valence-electron chi connectivity index (χ4n) is 5.45. The second-order valence-electron chi connectivity index (χ2n) is 8.87. The zero-order chi connectivity index (χ0) is 24.6. The van der Waals surface area contributed by atoms with Crippen molar-refractivity contribution >= 4 is 23.5 Å². The van der Waals surface area contributed by atoms with Gasteiger partial charge in [-0.3, -0.25) is 19.7 Å². The molecule has 7 nitrogen and oxygen atoms in total. The van der Waals surface area contributed by atoms with Gasteiger partial charge in [-0.05, 0) is 35.4 Å². The van der Waals surface area contributed by atoms with E-state index in [0.29, 0.717) is 11.4 Å². The lowest BCUT2D eigenvalue weighted by molar-refractivity contribution is -0.152. The van der Waals surface area contributed by atoms with Crippen molar-refractivity contribution in [3.8, 4) is 5.75 Å². The van der Waals surface area contributed by atoms with Crippen LogP contribution in [-0.4, -0.2) is 37.5 Å². The number of carbonyl (C=O) groups excluding carboxylic acids is 3. The normalized spacial score (nSPS) is 25.4. The number of nitrogens with one attached hydrogen (secondary N) is 1. The Balaban J connectivity index is 1.66. The first-order chi connectivity index (χ1) is 17.0. The highest BCUT2D eigenvalue weighted by atomic mass is 16.5. The molecule has 178 valence electrons. The third kappa shape index (κ3) is 3.68. The number of rotatable bonds is 6. The van der Waals surface area contributed by atoms with Gasteiger partial charge >= 0.3 is 5.97 Å². The molecule has 2 heterocycles. The lowest BCUT2D eigenvalue weighted by atomic mass is 9.76. The number of amides is 2. The Morgan fingerprint density at radius 1 is 0.886 bits per heavy atom. The van der Waals surface area contributed by atoms with Gasteiger partial charge in [0.2, 0.25) is 11.8 Å². The van der Waals surface area contributed by atoms with Crippen molar-refractivity contribution in [3.05, 3.63) is 96.1 Å². The number of carbonyl (C=O) groups is 3. The van der Waals surface area contributed by atoms with Gasteiger partial charge in [-0.2, -0.15) is 0 Å². The molecule has 0 spiro atoms. The highest BCUT2D eigenvalue weighted by Crippen LogP contribution is 2.51. The standard InChI is InChI=1S/C28H26N2O5/c1-34-21-15-13-19(14-16-21)24-22-23(26(32)30(25(22)31)20-11-7-4-8-12-20)28(29-24,27(33)35-2)17-18-9-5-3-6-10-18/h3-16,22-24,29H,17H2,1-2H3/t22-,23-,24-,28-/m1/s1. The van der Waals surface area contributed by atoms with Crippen LogP contribution in [0.3, 0.4) is 0 Å². The molecule has 35 heavy (non-hydrogen) atoms. The van der Waals surface area contributed by atoms with Crippen LogP contribution in [-0.2, 0) is 25.5 Å². The van der Waals surface area contributed by atoms with Crippen molar-refractivity contribution in [3.63, 3.8) is 0 Å². The molecule has 0 saturated carbocycles. The zero-order valence-corrected chi connectivity index (χ0v) is 19.5. The first kappa shape index (κ1) is 22.8. The summed E-state index contributed by atoms with van der Waals surface area (Å²) in [4.78, 5) is 42.5. The van der Waals surface area contributed by atoms with E-state index in [9.17, 15) is 14.4 Å². The fraction of sp³-hybridized carbons (Fsp3) is 0.250. The number of methoxy groups -OCH3 is 2. The van der Waals surface area contributed by atoms with Crippen LogP contribution in [0.5, 0.6) is 5.75 Å². The Hall–Kier alpha value is -3.97. The number of hydrogen-bond donors (Lipinski definition) is 1. The molecule has 2 aliphatic rings. The van der Waals surface area contributed by atoms with E-state index in [1.165, 1.54) is 12.0 Å². The van der Waals surface area contributed by atoms with Crippen molar-refractivity contribution in [2.45, 2.75) is 18.0 Å². The quantitative estimate of drug-likeness (QED) is 0.440. The van der Waals surface area contributed by atoms with Crippen molar-refractivity contribution < 1.29 is 23.9 Å². The third-order valence-corrected chi connectivity index (χ3v) is 7.02. The van der Waals surface area contributed by atoms with Crippen LogP contribution in [0.2, 0.25) is 0 Å². The fourth-order valence-corrected chi connectivity index (χ4v) is 5.45. The molecule has 0 radical (unpaired) electrons. The van der Waals surface area contributed by atoms with Crippen LogP contribution in [0.4, 0.5) is 5.69 Å². The molecule has 2 fully saturated rings. The average Bonchev–Trinajstić information content (AvgIpc) is 3.38. The molecule has 2 aliphatic heterocycles. The number of esters is 1. The molecule has 0 aliphatic carbocycles. The first-order valence-electron chi connectivity index (χ1n) is 11.5. The number of ether oxygens (including phenoxy) is 2. The monoisotopic (exact) mass is 470 g/mol. The van der Waals surface area contributed by atoms with E-state index in [-0.39, 0.29) is 12.3 Å². The molecule has 1 N–H and O–H groups in total. The summed E-state index contributed by atoms with van der Waals surface area (Å²) in [6.07, 6.45) is 0.204. The lowest BCUT2D eigenvalue weighted by Crippen LogP contribution is -2.57. The van der Waals surface area contributed by atoms with Gasteiger partial charge < -0.3 is 9.47 Å². The van der Waals surface area contributed by atoms with Crippen molar-refractivity contribution in [2.75, 3.05) is 19.1 Å². The largest absolute Gasteiger partial charge is 0.497 e. The summed E-state index contributed by atoms with van der Waals surface area (Å²) in [7, 11) is 2.89. The van der Waals surface area contributed by atoms with E-state index in [4.69, 9.17) is 9.47 Å². The Morgan fingerprint density at radius 3 is 2.11 bits per heavy atom. The lowest BCUT2D eigenvalue weighted by Gasteiger charge is -2.32. The van der Waals surface area contributed by atoms with Gasteiger partial charge in [0.1, 0.15) is 11.3 Å². The maximum absolute atomic E-state index is 13.9. The van der Waals surface area contributed by atoms with Crippen LogP contribution < -0.4 is 15.0 Å². The highest BCUT2D eigenvalue weighted by molar-refractivity contribution is 6.24. The molecule has 4 atom stereocenters. The SMILES string of the molecule is COC(=O)[C@]1(Cc2ccccc2)N[C@H](c2ccc(OC)cc2)[C@@H]2C(=O)N(c3ccccc3)C(=O)[C@@H]21. The molecule has 0 unspecified atom stereocenters. The molecular formula is C28H26N2O5. The molecule has 3 aromatic rings. The van der Waals surface area contributed by atoms with Crippen LogP contribution in [0.15, 0.2) is 84.9 Å². The van der Waals surface area contributed by atoms with Gasteiger partial charge in [0.15, 0.2) is 0 Å². The predicted molar refractivity (Wildman–Crippen MR) is 130 cm³/mol. The number of nitrogens with zero attached hydrogens (tertiary/aromatic N) is 1. The summed E-state index contributed by atoms with van der Waals surface area (Å²) in [6.45, 7) is 0. The first-order valence-corrected chi connectivity index (χ1v) is 11.5. The number of imide groups is 1. The van der Waals surface area contributed by atoms with Crippen molar-refractivity contribution in [1.29, 1.82) is 0 Å². The molecule has 2 amide bonds. The predicted octanol–water partition coefficient (Wildman–Crippen LogP) is 3.30. The molecular weight excluding hydrogens is 444 g/mol. The smallest absolute Gasteiger partial charge is 0.327 e. The van der Waals surface area contributed by atoms with E-state index in [2.05, 4.69) is 5.32 Å². The van der Waals surface area contributed by atoms with Crippen molar-refractivity contribution in [1.82, 2.24) is 5.32 Å². The van der Waals surface area contributed by atoms with Gasteiger partial charge in [0, 0.05) is 12.5 Å². The molecule has 5 rings (SSSR count). The summed E-state index contributed by atoms with van der Waals surface area (Å²) >= 11 is 0. The summed E-state index contributed by atoms with van der Waals surface area (Å²) in [6, 6.07) is 25.0. The second-order valence-corrected chi connectivity index (χ2v) is 8.87. The summed E-state index contributed by atoms with van der Waals surface area (Å²) in [5, 5.41) is 3.41. The minimum absolute atomic E-state index is 0.204. The maximum Gasteiger partial charge on any atom is 0.327 e. The van der Waals surface area contributed by atoms with Gasteiger partial charge in [-0.1, -0.05) is 60.7 Å². The molecule has 0 aromatic heterocycles. The molecule has 2 saturated heterocycles. The van der Waals surface area contributed by atoms with Crippen LogP contribution >= 0.6 is 0 Å². The van der Waals surface area contributed by atoms with Crippen LogP contribution in [0.25, 0.3) is 0 Å². The van der Waals surface area contributed by atoms with E-state index < -0.39 is 35.3 Å². The number of para-hydroxylation sites is 1. The van der Waals surface area contributed by atoms with Gasteiger partial charge in [0.25, 0.3) is 0 Å². The van der Waals surface area contributed by atoms with E-state index in [1.54, 1.807) is 43.5 Å². The third-order valence-electron chi connectivity index (χ3n) is 7.02. The van der Waals surface area contributed by atoms with Crippen molar-refractivity contribution in [2.24, 2.45) is 11.8 Å². The van der Waals surface area contributed by atoms with E-state index >= 15 is 0 Å². The summed E-state index contributed by atoms with van der Waals surface area (Å²) < 4.78 is 10.5. The topological polar surface area (TPSA) is 84.9 Å². The minimum Gasteiger partial charge on any atom is -0.497 e. The zero-order valence-electron chi connectivity index (χ0n) is 19.5. The number of hydrogen-bond acceptors (Lipinski definition) is 6. The Bertz CT molecular complexity index is 1250. The van der Waals surface area contributed by atoms with Crippen LogP contribution in [0.1, 0.15) is 17.2 Å². The van der Waals surface area contributed by atoms with Crippen LogP contribution in [0, 0.1) is 11.8 Å². The molecule has 3 aromatic carbocycles.